The van der Waals surface area contributed by atoms with Crippen molar-refractivity contribution in [2.24, 2.45) is 5.92 Å². The van der Waals surface area contributed by atoms with Crippen LogP contribution in [0.15, 0.2) is 30.3 Å². The molecule has 2 atom stereocenters. The number of carbonyl (C=O) groups is 2. The molecule has 1 N–H and O–H groups in total. The predicted molar refractivity (Wildman–Crippen MR) is 77.3 cm³/mol. The van der Waals surface area contributed by atoms with Crippen LogP contribution in [-0.2, 0) is 14.3 Å². The third-order valence-corrected chi connectivity index (χ3v) is 3.73. The molecule has 110 valence electrons. The number of rotatable bonds is 2. The van der Waals surface area contributed by atoms with Crippen LogP contribution in [0.1, 0.15) is 31.2 Å². The van der Waals surface area contributed by atoms with Crippen LogP contribution in [0.4, 0.5) is 0 Å². The first-order chi connectivity index (χ1) is 10.1. The summed E-state index contributed by atoms with van der Waals surface area (Å²) in [5, 5.41) is 10.7. The standard InChI is InChI=1S/C17H18O4/c1-21-16(19)17(20,14-9-5-6-10-15(14)18)12-11-13-7-3-2-4-8-13/h2-4,7-8,14,20H,5-6,9-10H2,1H3/t14-,17-/m0/s1. The molecule has 0 aromatic heterocycles. The van der Waals surface area contributed by atoms with Crippen LogP contribution >= 0.6 is 0 Å². The van der Waals surface area contributed by atoms with Gasteiger partial charge in [-0.3, -0.25) is 4.79 Å². The van der Waals surface area contributed by atoms with Crippen LogP contribution in [0.5, 0.6) is 0 Å². The Labute approximate surface area is 124 Å². The van der Waals surface area contributed by atoms with E-state index in [2.05, 4.69) is 16.6 Å². The van der Waals surface area contributed by atoms with Crippen molar-refractivity contribution in [3.05, 3.63) is 35.9 Å². The molecule has 4 heteroatoms. The van der Waals surface area contributed by atoms with Gasteiger partial charge in [0.05, 0.1) is 13.0 Å². The summed E-state index contributed by atoms with van der Waals surface area (Å²) in [7, 11) is 1.19. The maximum Gasteiger partial charge on any atom is 0.351 e. The maximum atomic E-state index is 12.0. The lowest BCUT2D eigenvalue weighted by Crippen LogP contribution is -2.49. The highest BCUT2D eigenvalue weighted by Crippen LogP contribution is 2.31. The van der Waals surface area contributed by atoms with Crippen LogP contribution in [-0.4, -0.2) is 29.6 Å². The second-order valence-corrected chi connectivity index (χ2v) is 5.14. The Kier molecular flexibility index (Phi) is 4.77. The van der Waals surface area contributed by atoms with Crippen molar-refractivity contribution < 1.29 is 19.4 Å². The second-order valence-electron chi connectivity index (χ2n) is 5.14. The topological polar surface area (TPSA) is 63.6 Å². The molecule has 2 rings (SSSR count). The van der Waals surface area contributed by atoms with Crippen LogP contribution in [0.25, 0.3) is 0 Å². The fourth-order valence-corrected chi connectivity index (χ4v) is 2.55. The minimum Gasteiger partial charge on any atom is -0.466 e. The number of hydrogen-bond acceptors (Lipinski definition) is 4. The molecule has 0 aliphatic heterocycles. The first-order valence-electron chi connectivity index (χ1n) is 6.99. The molecule has 0 spiro atoms. The molecule has 0 bridgehead atoms. The lowest BCUT2D eigenvalue weighted by Gasteiger charge is -2.30. The average molecular weight is 286 g/mol. The SMILES string of the molecule is COC(=O)[C@](O)(C#Cc1ccccc1)[C@H]1CCCCC1=O. The van der Waals surface area contributed by atoms with E-state index in [9.17, 15) is 14.7 Å². The van der Waals surface area contributed by atoms with Gasteiger partial charge in [0, 0.05) is 12.0 Å². The molecule has 1 fully saturated rings. The number of Topliss-reactive ketones (excluding diaryl/α,β-unsaturated/α-hetero) is 1. The summed E-state index contributed by atoms with van der Waals surface area (Å²) in [6.45, 7) is 0. The fourth-order valence-electron chi connectivity index (χ4n) is 2.55. The van der Waals surface area contributed by atoms with Crippen molar-refractivity contribution in [2.45, 2.75) is 31.3 Å². The minimum atomic E-state index is -2.07. The van der Waals surface area contributed by atoms with Gasteiger partial charge in [-0.15, -0.1) is 0 Å². The highest BCUT2D eigenvalue weighted by Gasteiger charge is 2.48. The number of ether oxygens (including phenoxy) is 1. The highest BCUT2D eigenvalue weighted by molar-refractivity contribution is 5.94. The molecule has 1 aromatic rings. The third kappa shape index (κ3) is 3.32. The average Bonchev–Trinajstić information content (AvgIpc) is 2.53. The molecule has 1 saturated carbocycles. The van der Waals surface area contributed by atoms with Gasteiger partial charge in [-0.05, 0) is 25.0 Å². The van der Waals surface area contributed by atoms with Gasteiger partial charge in [-0.25, -0.2) is 4.79 Å². The predicted octanol–water partition coefficient (Wildman–Crippen LogP) is 1.70. The van der Waals surface area contributed by atoms with Gasteiger partial charge >= 0.3 is 5.97 Å². The number of aliphatic hydroxyl groups is 1. The quantitative estimate of drug-likeness (QED) is 0.664. The first-order valence-corrected chi connectivity index (χ1v) is 6.99. The van der Waals surface area contributed by atoms with Crippen molar-refractivity contribution in [1.82, 2.24) is 0 Å². The molecule has 0 unspecified atom stereocenters. The van der Waals surface area contributed by atoms with Crippen molar-refractivity contribution in [3.63, 3.8) is 0 Å². The lowest BCUT2D eigenvalue weighted by molar-refractivity contribution is -0.165. The van der Waals surface area contributed by atoms with E-state index in [1.807, 2.05) is 18.2 Å². The number of methoxy groups -OCH3 is 1. The van der Waals surface area contributed by atoms with Gasteiger partial charge < -0.3 is 9.84 Å². The molecule has 0 amide bonds. The van der Waals surface area contributed by atoms with Gasteiger partial charge in [0.25, 0.3) is 0 Å². The molecule has 1 aliphatic rings. The monoisotopic (exact) mass is 286 g/mol. The van der Waals surface area contributed by atoms with Crippen molar-refractivity contribution in [1.29, 1.82) is 0 Å². The van der Waals surface area contributed by atoms with Crippen LogP contribution < -0.4 is 0 Å². The van der Waals surface area contributed by atoms with E-state index in [4.69, 9.17) is 0 Å². The minimum absolute atomic E-state index is 0.128. The molecular formula is C17H18O4. The fraction of sp³-hybridized carbons (Fsp3) is 0.412. The second kappa shape index (κ2) is 6.55. The number of ketones is 1. The van der Waals surface area contributed by atoms with Gasteiger partial charge in [0.15, 0.2) is 0 Å². The largest absolute Gasteiger partial charge is 0.466 e. The molecule has 0 radical (unpaired) electrons. The van der Waals surface area contributed by atoms with Crippen molar-refractivity contribution >= 4 is 11.8 Å². The number of esters is 1. The van der Waals surface area contributed by atoms with E-state index >= 15 is 0 Å². The zero-order valence-electron chi connectivity index (χ0n) is 12.0. The Hall–Kier alpha value is -2.12. The van der Waals surface area contributed by atoms with E-state index < -0.39 is 17.5 Å². The number of hydrogen-bond donors (Lipinski definition) is 1. The zero-order valence-corrected chi connectivity index (χ0v) is 12.0. The summed E-state index contributed by atoms with van der Waals surface area (Å²) < 4.78 is 4.66. The number of carbonyl (C=O) groups excluding carboxylic acids is 2. The molecule has 0 saturated heterocycles. The van der Waals surface area contributed by atoms with Crippen LogP contribution in [0.3, 0.4) is 0 Å². The van der Waals surface area contributed by atoms with Crippen molar-refractivity contribution in [2.75, 3.05) is 7.11 Å². The molecule has 21 heavy (non-hydrogen) atoms. The number of benzene rings is 1. The van der Waals surface area contributed by atoms with Gasteiger partial charge in [-0.2, -0.15) is 0 Å². The summed E-state index contributed by atoms with van der Waals surface area (Å²) in [4.78, 5) is 24.0. The zero-order chi connectivity index (χ0) is 15.3. The molecular weight excluding hydrogens is 268 g/mol. The summed E-state index contributed by atoms with van der Waals surface area (Å²) in [5.41, 5.74) is -1.40. The molecule has 4 nitrogen and oxygen atoms in total. The third-order valence-electron chi connectivity index (χ3n) is 3.73. The Morgan fingerprint density at radius 2 is 2.05 bits per heavy atom. The van der Waals surface area contributed by atoms with Gasteiger partial charge in [-0.1, -0.05) is 36.5 Å². The smallest absolute Gasteiger partial charge is 0.351 e. The summed E-state index contributed by atoms with van der Waals surface area (Å²) in [6, 6.07) is 9.02. The Morgan fingerprint density at radius 1 is 1.33 bits per heavy atom. The van der Waals surface area contributed by atoms with E-state index in [0.717, 1.165) is 12.8 Å². The highest BCUT2D eigenvalue weighted by atomic mass is 16.5. The molecule has 1 aromatic carbocycles. The lowest BCUT2D eigenvalue weighted by atomic mass is 9.76. The van der Waals surface area contributed by atoms with E-state index in [1.165, 1.54) is 7.11 Å². The molecule has 1 aliphatic carbocycles. The van der Waals surface area contributed by atoms with Crippen LogP contribution in [0, 0.1) is 17.8 Å². The molecule has 0 heterocycles. The van der Waals surface area contributed by atoms with Crippen LogP contribution in [0.2, 0.25) is 0 Å². The summed E-state index contributed by atoms with van der Waals surface area (Å²) in [5.74, 6) is 3.53. The maximum absolute atomic E-state index is 12.0. The summed E-state index contributed by atoms with van der Waals surface area (Å²) >= 11 is 0. The van der Waals surface area contributed by atoms with E-state index in [1.54, 1.807) is 12.1 Å². The van der Waals surface area contributed by atoms with Crippen molar-refractivity contribution in [3.8, 4) is 11.8 Å². The van der Waals surface area contributed by atoms with E-state index in [-0.39, 0.29) is 5.78 Å². The first kappa shape index (κ1) is 15.3. The Balaban J connectivity index is 2.36. The Bertz CT molecular complexity index is 582. The van der Waals surface area contributed by atoms with Gasteiger partial charge in [0.1, 0.15) is 5.78 Å². The Morgan fingerprint density at radius 3 is 2.67 bits per heavy atom. The summed E-state index contributed by atoms with van der Waals surface area (Å²) in [6.07, 6.45) is 2.41. The van der Waals surface area contributed by atoms with Gasteiger partial charge in [0.2, 0.25) is 5.60 Å². The van der Waals surface area contributed by atoms with E-state index in [0.29, 0.717) is 18.4 Å². The normalized spacial score (nSPS) is 20.9.